The molecule has 6 heteroatoms. The summed E-state index contributed by atoms with van der Waals surface area (Å²) in [5, 5.41) is 5.28. The fourth-order valence-corrected chi connectivity index (χ4v) is 1.60. The topological polar surface area (TPSA) is 76.7 Å². The van der Waals surface area contributed by atoms with Crippen LogP contribution in [0.3, 0.4) is 0 Å². The van der Waals surface area contributed by atoms with Crippen molar-refractivity contribution < 1.29 is 19.1 Å². The first-order valence-electron chi connectivity index (χ1n) is 5.86. The highest BCUT2D eigenvalue weighted by molar-refractivity contribution is 5.96. The van der Waals surface area contributed by atoms with E-state index in [0.29, 0.717) is 19.7 Å². The molecule has 1 fully saturated rings. The van der Waals surface area contributed by atoms with Gasteiger partial charge in [-0.1, -0.05) is 0 Å². The lowest BCUT2D eigenvalue weighted by Crippen LogP contribution is -2.36. The highest BCUT2D eigenvalue weighted by Crippen LogP contribution is 2.10. The first-order valence-corrected chi connectivity index (χ1v) is 5.86. The van der Waals surface area contributed by atoms with E-state index in [9.17, 15) is 9.59 Å². The van der Waals surface area contributed by atoms with Crippen LogP contribution in [0.4, 0.5) is 0 Å². The Morgan fingerprint density at radius 1 is 1.35 bits per heavy atom. The maximum Gasteiger partial charge on any atom is 0.229 e. The molecule has 2 amide bonds. The molecule has 1 rings (SSSR count). The third-order valence-corrected chi connectivity index (χ3v) is 2.50. The van der Waals surface area contributed by atoms with E-state index in [0.717, 1.165) is 19.4 Å². The predicted octanol–water partition coefficient (Wildman–Crippen LogP) is -0.566. The predicted molar refractivity (Wildman–Crippen MR) is 61.5 cm³/mol. The number of rotatable bonds is 7. The fourth-order valence-electron chi connectivity index (χ4n) is 1.60. The van der Waals surface area contributed by atoms with Gasteiger partial charge < -0.3 is 20.1 Å². The van der Waals surface area contributed by atoms with E-state index in [2.05, 4.69) is 10.6 Å². The van der Waals surface area contributed by atoms with Gasteiger partial charge in [0, 0.05) is 26.8 Å². The molecule has 98 valence electrons. The number of amides is 2. The Kier molecular flexibility index (Phi) is 6.57. The molecule has 0 radical (unpaired) electrons. The third-order valence-electron chi connectivity index (χ3n) is 2.50. The van der Waals surface area contributed by atoms with Crippen molar-refractivity contribution in [1.29, 1.82) is 0 Å². The molecule has 2 N–H and O–H groups in total. The zero-order valence-corrected chi connectivity index (χ0v) is 10.2. The summed E-state index contributed by atoms with van der Waals surface area (Å²) in [6.07, 6.45) is 1.98. The van der Waals surface area contributed by atoms with Crippen molar-refractivity contribution in [2.24, 2.45) is 0 Å². The summed E-state index contributed by atoms with van der Waals surface area (Å²) >= 11 is 0. The van der Waals surface area contributed by atoms with Crippen LogP contribution in [0, 0.1) is 0 Å². The smallest absolute Gasteiger partial charge is 0.229 e. The van der Waals surface area contributed by atoms with Crippen molar-refractivity contribution in [2.45, 2.75) is 25.4 Å². The van der Waals surface area contributed by atoms with Gasteiger partial charge in [0.05, 0.1) is 12.7 Å². The summed E-state index contributed by atoms with van der Waals surface area (Å²) in [6.45, 7) is 2.12. The summed E-state index contributed by atoms with van der Waals surface area (Å²) in [4.78, 5) is 22.6. The monoisotopic (exact) mass is 244 g/mol. The van der Waals surface area contributed by atoms with Crippen molar-refractivity contribution in [3.05, 3.63) is 0 Å². The van der Waals surface area contributed by atoms with Crippen molar-refractivity contribution in [1.82, 2.24) is 10.6 Å². The van der Waals surface area contributed by atoms with Crippen LogP contribution >= 0.6 is 0 Å². The molecule has 17 heavy (non-hydrogen) atoms. The van der Waals surface area contributed by atoms with Gasteiger partial charge in [0.25, 0.3) is 0 Å². The zero-order chi connectivity index (χ0) is 12.5. The van der Waals surface area contributed by atoms with Gasteiger partial charge in [-0.2, -0.15) is 0 Å². The van der Waals surface area contributed by atoms with Gasteiger partial charge in [-0.3, -0.25) is 9.59 Å². The minimum Gasteiger partial charge on any atom is -0.383 e. The molecule has 1 aliphatic rings. The Bertz CT molecular complexity index is 252. The minimum atomic E-state index is -0.285. The summed E-state index contributed by atoms with van der Waals surface area (Å²) in [6, 6.07) is 0. The fraction of sp³-hybridized carbons (Fsp3) is 0.818. The zero-order valence-electron chi connectivity index (χ0n) is 10.2. The van der Waals surface area contributed by atoms with Crippen LogP contribution in [-0.4, -0.2) is 51.3 Å². The average Bonchev–Trinajstić information content (AvgIpc) is 2.79. The lowest BCUT2D eigenvalue weighted by Gasteiger charge is -2.10. The maximum atomic E-state index is 11.4. The Hall–Kier alpha value is -1.14. The van der Waals surface area contributed by atoms with Crippen molar-refractivity contribution in [2.75, 3.05) is 33.4 Å². The van der Waals surface area contributed by atoms with Gasteiger partial charge >= 0.3 is 0 Å². The lowest BCUT2D eigenvalue weighted by atomic mass is 10.2. The molecule has 0 aromatic rings. The number of hydrogen-bond acceptors (Lipinski definition) is 4. The SMILES string of the molecule is COCCNC(=O)CC(=O)NCC1CCCO1. The molecule has 0 aromatic heterocycles. The van der Waals surface area contributed by atoms with Gasteiger partial charge in [-0.25, -0.2) is 0 Å². The number of ether oxygens (including phenoxy) is 2. The lowest BCUT2D eigenvalue weighted by molar-refractivity contribution is -0.129. The van der Waals surface area contributed by atoms with Gasteiger partial charge in [-0.05, 0) is 12.8 Å². The van der Waals surface area contributed by atoms with Crippen molar-refractivity contribution >= 4 is 11.8 Å². The number of nitrogens with one attached hydrogen (secondary N) is 2. The molecule has 0 aliphatic carbocycles. The van der Waals surface area contributed by atoms with E-state index in [4.69, 9.17) is 9.47 Å². The highest BCUT2D eigenvalue weighted by Gasteiger charge is 2.16. The standard InChI is InChI=1S/C11H20N2O4/c1-16-6-4-12-10(14)7-11(15)13-8-9-3-2-5-17-9/h9H,2-8H2,1H3,(H,12,14)(H,13,15). The van der Waals surface area contributed by atoms with E-state index >= 15 is 0 Å². The van der Waals surface area contributed by atoms with Crippen molar-refractivity contribution in [3.63, 3.8) is 0 Å². The molecule has 0 saturated carbocycles. The van der Waals surface area contributed by atoms with Crippen LogP contribution in [0.25, 0.3) is 0 Å². The molecule has 0 bridgehead atoms. The molecular formula is C11H20N2O4. The minimum absolute atomic E-state index is 0.107. The number of hydrogen-bond donors (Lipinski definition) is 2. The third kappa shape index (κ3) is 6.23. The quantitative estimate of drug-likeness (QED) is 0.464. The maximum absolute atomic E-state index is 11.4. The Balaban J connectivity index is 2.04. The van der Waals surface area contributed by atoms with Gasteiger partial charge in [0.2, 0.25) is 11.8 Å². The molecule has 1 unspecified atom stereocenters. The first-order chi connectivity index (χ1) is 8.22. The van der Waals surface area contributed by atoms with Gasteiger partial charge in [0.1, 0.15) is 6.42 Å². The molecule has 1 saturated heterocycles. The van der Waals surface area contributed by atoms with Gasteiger partial charge in [-0.15, -0.1) is 0 Å². The summed E-state index contributed by atoms with van der Waals surface area (Å²) in [5.41, 5.74) is 0. The Labute approximate surface area is 101 Å². The van der Waals surface area contributed by atoms with Crippen molar-refractivity contribution in [3.8, 4) is 0 Å². The van der Waals surface area contributed by atoms with Crippen LogP contribution in [0.5, 0.6) is 0 Å². The largest absolute Gasteiger partial charge is 0.383 e. The van der Waals surface area contributed by atoms with Crippen LogP contribution in [0.15, 0.2) is 0 Å². The second-order valence-electron chi connectivity index (χ2n) is 3.96. The van der Waals surface area contributed by atoms with E-state index in [-0.39, 0.29) is 24.3 Å². The highest BCUT2D eigenvalue weighted by atomic mass is 16.5. The molecular weight excluding hydrogens is 224 g/mol. The number of carbonyl (C=O) groups excluding carboxylic acids is 2. The molecule has 1 heterocycles. The van der Waals surface area contributed by atoms with Crippen LogP contribution in [0.1, 0.15) is 19.3 Å². The average molecular weight is 244 g/mol. The molecule has 0 aromatic carbocycles. The molecule has 0 spiro atoms. The van der Waals surface area contributed by atoms with E-state index in [1.165, 1.54) is 0 Å². The van der Waals surface area contributed by atoms with Crippen LogP contribution in [0.2, 0.25) is 0 Å². The molecule has 6 nitrogen and oxygen atoms in total. The van der Waals surface area contributed by atoms with E-state index in [1.807, 2.05) is 0 Å². The summed E-state index contributed by atoms with van der Waals surface area (Å²) < 4.78 is 10.1. The van der Waals surface area contributed by atoms with Crippen LogP contribution in [-0.2, 0) is 19.1 Å². The molecule has 1 atom stereocenters. The van der Waals surface area contributed by atoms with E-state index in [1.54, 1.807) is 7.11 Å². The second-order valence-corrected chi connectivity index (χ2v) is 3.96. The van der Waals surface area contributed by atoms with E-state index < -0.39 is 0 Å². The van der Waals surface area contributed by atoms with Gasteiger partial charge in [0.15, 0.2) is 0 Å². The number of methoxy groups -OCH3 is 1. The first kappa shape index (κ1) is 13.9. The van der Waals surface area contributed by atoms with Crippen LogP contribution < -0.4 is 10.6 Å². The summed E-state index contributed by atoms with van der Waals surface area (Å²) in [7, 11) is 1.56. The normalized spacial score (nSPS) is 19.0. The second kappa shape index (κ2) is 8.03. The summed E-state index contributed by atoms with van der Waals surface area (Å²) in [5.74, 6) is -0.553. The molecule has 1 aliphatic heterocycles. The Morgan fingerprint density at radius 3 is 2.76 bits per heavy atom. The Morgan fingerprint density at radius 2 is 2.12 bits per heavy atom. The number of carbonyl (C=O) groups is 2.